The van der Waals surface area contributed by atoms with Crippen molar-refractivity contribution in [2.24, 2.45) is 0 Å². The molecule has 1 heterocycles. The third kappa shape index (κ3) is 2.24. The molecule has 0 unspecified atom stereocenters. The van der Waals surface area contributed by atoms with Crippen molar-refractivity contribution in [3.05, 3.63) is 70.2 Å². The predicted octanol–water partition coefficient (Wildman–Crippen LogP) is 3.77. The summed E-state index contributed by atoms with van der Waals surface area (Å²) in [6.45, 7) is 0. The molecule has 1 fully saturated rings. The van der Waals surface area contributed by atoms with E-state index in [1.165, 1.54) is 0 Å². The molecule has 1 aliphatic heterocycles. The van der Waals surface area contributed by atoms with Gasteiger partial charge in [-0.15, -0.1) is 0 Å². The normalized spacial score (nSPS) is 21.6. The summed E-state index contributed by atoms with van der Waals surface area (Å²) in [5, 5.41) is 0. The first kappa shape index (κ1) is 11.6. The molecule has 0 bridgehead atoms. The van der Waals surface area contributed by atoms with Gasteiger partial charge in [0.05, 0.1) is 0 Å². The Labute approximate surface area is 114 Å². The van der Waals surface area contributed by atoms with Crippen molar-refractivity contribution in [1.29, 1.82) is 0 Å². The molecule has 2 aromatic carbocycles. The van der Waals surface area contributed by atoms with Crippen molar-refractivity contribution in [1.82, 2.24) is 0 Å². The van der Waals surface area contributed by atoms with Crippen LogP contribution in [0.25, 0.3) is 0 Å². The van der Waals surface area contributed by atoms with Crippen LogP contribution in [0.2, 0.25) is 0 Å². The van der Waals surface area contributed by atoms with E-state index < -0.39 is 0 Å². The number of benzene rings is 2. The molecule has 90 valence electrons. The standard InChI is InChI=1S/C15H11BrO2/c16-12-8-6-11(7-9-12)14-15(18-14)13(17)10-4-2-1-3-5-10/h1-9,14-15H/t14-,15-/m0/s1. The fourth-order valence-electron chi connectivity index (χ4n) is 1.98. The van der Waals surface area contributed by atoms with E-state index >= 15 is 0 Å². The largest absolute Gasteiger partial charge is 0.356 e. The fourth-order valence-corrected chi connectivity index (χ4v) is 2.25. The lowest BCUT2D eigenvalue weighted by atomic mass is 10.0. The maximum atomic E-state index is 12.1. The maximum Gasteiger partial charge on any atom is 0.194 e. The Kier molecular flexibility index (Phi) is 3.02. The van der Waals surface area contributed by atoms with Gasteiger partial charge in [-0.05, 0) is 17.7 Å². The van der Waals surface area contributed by atoms with E-state index in [-0.39, 0.29) is 18.0 Å². The highest BCUT2D eigenvalue weighted by atomic mass is 79.9. The number of epoxide rings is 1. The van der Waals surface area contributed by atoms with Crippen LogP contribution in [0.3, 0.4) is 0 Å². The first-order chi connectivity index (χ1) is 8.75. The van der Waals surface area contributed by atoms with Crippen LogP contribution in [0.4, 0.5) is 0 Å². The number of halogens is 1. The van der Waals surface area contributed by atoms with Gasteiger partial charge in [0.1, 0.15) is 6.10 Å². The van der Waals surface area contributed by atoms with Gasteiger partial charge in [-0.3, -0.25) is 4.79 Å². The molecular formula is C15H11BrO2. The van der Waals surface area contributed by atoms with Crippen molar-refractivity contribution < 1.29 is 9.53 Å². The number of Topliss-reactive ketones (excluding diaryl/α,β-unsaturated/α-hetero) is 1. The van der Waals surface area contributed by atoms with E-state index in [0.29, 0.717) is 5.56 Å². The van der Waals surface area contributed by atoms with Gasteiger partial charge in [0.15, 0.2) is 11.9 Å². The molecule has 0 N–H and O–H groups in total. The summed E-state index contributed by atoms with van der Waals surface area (Å²) in [6, 6.07) is 17.2. The Morgan fingerprint density at radius 2 is 1.67 bits per heavy atom. The van der Waals surface area contributed by atoms with Crippen LogP contribution in [0.1, 0.15) is 22.0 Å². The Balaban J connectivity index is 1.75. The number of carbonyl (C=O) groups excluding carboxylic acids is 1. The zero-order valence-corrected chi connectivity index (χ0v) is 11.1. The van der Waals surface area contributed by atoms with E-state index in [4.69, 9.17) is 4.74 Å². The quantitative estimate of drug-likeness (QED) is 0.638. The van der Waals surface area contributed by atoms with E-state index in [2.05, 4.69) is 15.9 Å². The van der Waals surface area contributed by atoms with Crippen molar-refractivity contribution in [2.45, 2.75) is 12.2 Å². The molecule has 18 heavy (non-hydrogen) atoms. The minimum atomic E-state index is -0.325. The van der Waals surface area contributed by atoms with Gasteiger partial charge >= 0.3 is 0 Å². The van der Waals surface area contributed by atoms with Crippen LogP contribution in [-0.2, 0) is 4.74 Å². The Bertz CT molecular complexity index is 563. The highest BCUT2D eigenvalue weighted by Gasteiger charge is 2.45. The van der Waals surface area contributed by atoms with Gasteiger partial charge in [0.25, 0.3) is 0 Å². The van der Waals surface area contributed by atoms with Crippen molar-refractivity contribution in [3.8, 4) is 0 Å². The average Bonchev–Trinajstić information content (AvgIpc) is 3.20. The van der Waals surface area contributed by atoms with E-state index in [9.17, 15) is 4.79 Å². The van der Waals surface area contributed by atoms with Crippen LogP contribution < -0.4 is 0 Å². The zero-order valence-electron chi connectivity index (χ0n) is 9.55. The summed E-state index contributed by atoms with van der Waals surface area (Å²) >= 11 is 3.39. The third-order valence-corrected chi connectivity index (χ3v) is 3.54. The number of rotatable bonds is 3. The SMILES string of the molecule is O=C(c1ccccc1)[C@@H]1O[C@H]1c1ccc(Br)cc1. The lowest BCUT2D eigenvalue weighted by Gasteiger charge is -1.97. The summed E-state index contributed by atoms with van der Waals surface area (Å²) in [6.07, 6.45) is -0.417. The molecule has 3 heteroatoms. The highest BCUT2D eigenvalue weighted by Crippen LogP contribution is 2.40. The highest BCUT2D eigenvalue weighted by molar-refractivity contribution is 9.10. The topological polar surface area (TPSA) is 29.6 Å². The Morgan fingerprint density at radius 1 is 1.00 bits per heavy atom. The summed E-state index contributed by atoms with van der Waals surface area (Å²) in [7, 11) is 0. The molecular weight excluding hydrogens is 292 g/mol. The second-order valence-electron chi connectivity index (χ2n) is 4.26. The second-order valence-corrected chi connectivity index (χ2v) is 5.17. The molecule has 0 saturated carbocycles. The first-order valence-electron chi connectivity index (χ1n) is 5.76. The minimum absolute atomic E-state index is 0.0588. The average molecular weight is 303 g/mol. The van der Waals surface area contributed by atoms with E-state index in [1.807, 2.05) is 54.6 Å². The molecule has 0 amide bonds. The smallest absolute Gasteiger partial charge is 0.194 e. The molecule has 1 saturated heterocycles. The van der Waals surface area contributed by atoms with Gasteiger partial charge < -0.3 is 4.74 Å². The number of hydrogen-bond donors (Lipinski definition) is 0. The molecule has 0 spiro atoms. The van der Waals surface area contributed by atoms with Gasteiger partial charge in [0.2, 0.25) is 0 Å². The van der Waals surface area contributed by atoms with Gasteiger partial charge in [-0.2, -0.15) is 0 Å². The van der Waals surface area contributed by atoms with Crippen LogP contribution in [0.5, 0.6) is 0 Å². The van der Waals surface area contributed by atoms with Crippen LogP contribution in [0, 0.1) is 0 Å². The molecule has 0 aromatic heterocycles. The monoisotopic (exact) mass is 302 g/mol. The number of carbonyl (C=O) groups is 1. The second kappa shape index (κ2) is 4.67. The molecule has 0 aliphatic carbocycles. The third-order valence-electron chi connectivity index (χ3n) is 3.01. The lowest BCUT2D eigenvalue weighted by molar-refractivity contribution is 0.0953. The number of hydrogen-bond acceptors (Lipinski definition) is 2. The van der Waals surface area contributed by atoms with Crippen LogP contribution in [-0.4, -0.2) is 11.9 Å². The summed E-state index contributed by atoms with van der Waals surface area (Å²) in [4.78, 5) is 12.1. The predicted molar refractivity (Wildman–Crippen MR) is 72.5 cm³/mol. The van der Waals surface area contributed by atoms with Gasteiger partial charge in [-0.25, -0.2) is 0 Å². The van der Waals surface area contributed by atoms with Crippen LogP contribution in [0.15, 0.2) is 59.1 Å². The summed E-state index contributed by atoms with van der Waals surface area (Å²) in [5.41, 5.74) is 1.76. The first-order valence-corrected chi connectivity index (χ1v) is 6.55. The van der Waals surface area contributed by atoms with E-state index in [1.54, 1.807) is 0 Å². The summed E-state index contributed by atoms with van der Waals surface area (Å²) < 4.78 is 6.52. The molecule has 3 rings (SSSR count). The fraction of sp³-hybridized carbons (Fsp3) is 0.133. The molecule has 2 atom stereocenters. The van der Waals surface area contributed by atoms with E-state index in [0.717, 1.165) is 10.0 Å². The summed E-state index contributed by atoms with van der Waals surface area (Å²) in [5.74, 6) is 0.0588. The minimum Gasteiger partial charge on any atom is -0.356 e. The van der Waals surface area contributed by atoms with Gasteiger partial charge in [0, 0.05) is 10.0 Å². The number of ketones is 1. The molecule has 0 radical (unpaired) electrons. The number of ether oxygens (including phenoxy) is 1. The van der Waals surface area contributed by atoms with Gasteiger partial charge in [-0.1, -0.05) is 58.4 Å². The molecule has 2 nitrogen and oxygen atoms in total. The van der Waals surface area contributed by atoms with Crippen LogP contribution >= 0.6 is 15.9 Å². The van der Waals surface area contributed by atoms with Crippen molar-refractivity contribution in [3.63, 3.8) is 0 Å². The Morgan fingerprint density at radius 3 is 2.33 bits per heavy atom. The maximum absolute atomic E-state index is 12.1. The Hall–Kier alpha value is -1.45. The lowest BCUT2D eigenvalue weighted by Crippen LogP contribution is -2.07. The zero-order chi connectivity index (χ0) is 12.5. The van der Waals surface area contributed by atoms with Crippen molar-refractivity contribution >= 4 is 21.7 Å². The molecule has 1 aliphatic rings. The molecule has 2 aromatic rings. The van der Waals surface area contributed by atoms with Crippen molar-refractivity contribution in [2.75, 3.05) is 0 Å².